The number of halogens is 1. The summed E-state index contributed by atoms with van der Waals surface area (Å²) in [5, 5.41) is 13.0. The molecule has 2 atom stereocenters. The second kappa shape index (κ2) is 6.75. The molecule has 1 aliphatic rings. The minimum absolute atomic E-state index is 0.0566. The summed E-state index contributed by atoms with van der Waals surface area (Å²) in [6.45, 7) is 0. The largest absolute Gasteiger partial charge is 0.480 e. The van der Waals surface area contributed by atoms with Gasteiger partial charge in [0.1, 0.15) is 6.04 Å². The lowest BCUT2D eigenvalue weighted by Gasteiger charge is -2.17. The van der Waals surface area contributed by atoms with Crippen LogP contribution in [0.1, 0.15) is 11.1 Å². The van der Waals surface area contributed by atoms with E-state index in [0.717, 1.165) is 16.5 Å². The quantitative estimate of drug-likeness (QED) is 0.645. The van der Waals surface area contributed by atoms with Crippen molar-refractivity contribution >= 4 is 22.8 Å². The Balaban J connectivity index is 1.48. The number of benzene rings is 2. The van der Waals surface area contributed by atoms with Gasteiger partial charge in [-0.05, 0) is 17.7 Å². The van der Waals surface area contributed by atoms with Crippen LogP contribution in [0.25, 0.3) is 10.9 Å². The van der Waals surface area contributed by atoms with E-state index >= 15 is 0 Å². The van der Waals surface area contributed by atoms with Crippen molar-refractivity contribution in [3.05, 3.63) is 65.6 Å². The average Bonchev–Trinajstić information content (AvgIpc) is 3.26. The number of carbonyl (C=O) groups is 2. The van der Waals surface area contributed by atoms with E-state index in [1.54, 1.807) is 18.3 Å². The summed E-state index contributed by atoms with van der Waals surface area (Å²) in [6, 6.07) is 10.9. The van der Waals surface area contributed by atoms with Gasteiger partial charge in [0.25, 0.3) is 5.91 Å². The molecular weight excluding hydrogens is 351 g/mol. The lowest BCUT2D eigenvalue weighted by Crippen LogP contribution is -2.47. The van der Waals surface area contributed by atoms with Crippen LogP contribution in [0.3, 0.4) is 0 Å². The number of aromatic amines is 1. The lowest BCUT2D eigenvalue weighted by molar-refractivity contribution is -0.142. The summed E-state index contributed by atoms with van der Waals surface area (Å²) in [6.07, 6.45) is 1.13. The first-order chi connectivity index (χ1) is 13.0. The molecule has 3 aromatic rings. The molecule has 0 unspecified atom stereocenters. The van der Waals surface area contributed by atoms with Crippen molar-refractivity contribution in [3.8, 4) is 5.75 Å². The molecule has 0 fully saturated rings. The van der Waals surface area contributed by atoms with Gasteiger partial charge < -0.3 is 20.1 Å². The molecule has 0 saturated carbocycles. The standard InChI is InChI=1S/C20H17FN2O4/c21-14-6-3-4-11-9-17(27-18(11)14)19(24)23-16(20(25)26)8-12-10-22-15-7-2-1-5-13(12)15/h1-7,10,16-17,22H,8-9H2,(H,23,24)(H,25,26)/t16-,17-/m1/s1. The number of ether oxygens (including phenoxy) is 1. The number of hydrogen-bond donors (Lipinski definition) is 3. The van der Waals surface area contributed by atoms with Gasteiger partial charge in [0.2, 0.25) is 0 Å². The topological polar surface area (TPSA) is 91.4 Å². The van der Waals surface area contributed by atoms with Gasteiger partial charge >= 0.3 is 5.97 Å². The van der Waals surface area contributed by atoms with Crippen LogP contribution < -0.4 is 10.1 Å². The Kier molecular flexibility index (Phi) is 4.27. The number of nitrogens with one attached hydrogen (secondary N) is 2. The predicted molar refractivity (Wildman–Crippen MR) is 96.1 cm³/mol. The molecule has 27 heavy (non-hydrogen) atoms. The molecule has 0 radical (unpaired) electrons. The van der Waals surface area contributed by atoms with E-state index in [2.05, 4.69) is 10.3 Å². The number of H-pyrrole nitrogens is 1. The van der Waals surface area contributed by atoms with Crippen molar-refractivity contribution < 1.29 is 23.8 Å². The van der Waals surface area contributed by atoms with E-state index in [-0.39, 0.29) is 18.6 Å². The molecular formula is C20H17FN2O4. The summed E-state index contributed by atoms with van der Waals surface area (Å²) in [5.41, 5.74) is 2.28. The molecule has 0 spiro atoms. The van der Waals surface area contributed by atoms with Crippen LogP contribution >= 0.6 is 0 Å². The van der Waals surface area contributed by atoms with E-state index < -0.39 is 29.8 Å². The van der Waals surface area contributed by atoms with Gasteiger partial charge in [-0.2, -0.15) is 0 Å². The van der Waals surface area contributed by atoms with Crippen LogP contribution in [0, 0.1) is 5.82 Å². The van der Waals surface area contributed by atoms with E-state index in [0.29, 0.717) is 5.56 Å². The van der Waals surface area contributed by atoms with Crippen molar-refractivity contribution in [2.75, 3.05) is 0 Å². The number of rotatable bonds is 5. The Morgan fingerprint density at radius 3 is 2.85 bits per heavy atom. The number of carbonyl (C=O) groups excluding carboxylic acids is 1. The number of fused-ring (bicyclic) bond motifs is 2. The first-order valence-electron chi connectivity index (χ1n) is 8.55. The third-order valence-corrected chi connectivity index (χ3v) is 4.72. The molecule has 0 saturated heterocycles. The molecule has 1 amide bonds. The molecule has 1 aliphatic heterocycles. The first kappa shape index (κ1) is 17.1. The number of aliphatic carboxylic acids is 1. The molecule has 138 valence electrons. The number of carboxylic acid groups (broad SMARTS) is 1. The fourth-order valence-corrected chi connectivity index (χ4v) is 3.36. The van der Waals surface area contributed by atoms with E-state index in [4.69, 9.17) is 4.74 Å². The van der Waals surface area contributed by atoms with Crippen LogP contribution in [0.5, 0.6) is 5.75 Å². The number of para-hydroxylation sites is 2. The monoisotopic (exact) mass is 368 g/mol. The first-order valence-corrected chi connectivity index (χ1v) is 8.55. The van der Waals surface area contributed by atoms with Gasteiger partial charge in [0.05, 0.1) is 0 Å². The van der Waals surface area contributed by atoms with Crippen molar-refractivity contribution in [3.63, 3.8) is 0 Å². The summed E-state index contributed by atoms with van der Waals surface area (Å²) in [4.78, 5) is 27.2. The van der Waals surface area contributed by atoms with E-state index in [1.165, 1.54) is 6.07 Å². The fraction of sp³-hybridized carbons (Fsp3) is 0.200. The maximum Gasteiger partial charge on any atom is 0.326 e. The Morgan fingerprint density at radius 1 is 1.26 bits per heavy atom. The SMILES string of the molecule is O=C(O)[C@@H](Cc1c[nH]c2ccccc12)NC(=O)[C@H]1Cc2cccc(F)c2O1. The predicted octanol–water partition coefficient (Wildman–Crippen LogP) is 2.42. The minimum Gasteiger partial charge on any atom is -0.480 e. The molecule has 4 rings (SSSR count). The van der Waals surface area contributed by atoms with Crippen LogP contribution in [-0.2, 0) is 22.4 Å². The molecule has 2 aromatic carbocycles. The average molecular weight is 368 g/mol. The highest BCUT2D eigenvalue weighted by Gasteiger charge is 2.33. The Hall–Kier alpha value is -3.35. The number of amides is 1. The van der Waals surface area contributed by atoms with Gasteiger partial charge in [-0.25, -0.2) is 9.18 Å². The van der Waals surface area contributed by atoms with Gasteiger partial charge in [0, 0.05) is 35.5 Å². The number of aromatic nitrogens is 1. The molecule has 1 aromatic heterocycles. The van der Waals surface area contributed by atoms with E-state index in [1.807, 2.05) is 24.3 Å². The maximum atomic E-state index is 13.8. The van der Waals surface area contributed by atoms with Crippen molar-refractivity contribution in [2.24, 2.45) is 0 Å². The normalized spacial score (nSPS) is 16.6. The zero-order valence-electron chi connectivity index (χ0n) is 14.2. The van der Waals surface area contributed by atoms with Crippen molar-refractivity contribution in [1.29, 1.82) is 0 Å². The molecule has 0 aliphatic carbocycles. The highest BCUT2D eigenvalue weighted by atomic mass is 19.1. The Bertz CT molecular complexity index is 1030. The number of hydrogen-bond acceptors (Lipinski definition) is 3. The number of carboxylic acids is 1. The van der Waals surface area contributed by atoms with Gasteiger partial charge in [-0.1, -0.05) is 30.3 Å². The summed E-state index contributed by atoms with van der Waals surface area (Å²) < 4.78 is 19.2. The van der Waals surface area contributed by atoms with E-state index in [9.17, 15) is 19.1 Å². The smallest absolute Gasteiger partial charge is 0.326 e. The van der Waals surface area contributed by atoms with Crippen molar-refractivity contribution in [2.45, 2.75) is 25.0 Å². The highest BCUT2D eigenvalue weighted by Crippen LogP contribution is 2.31. The van der Waals surface area contributed by atoms with Crippen molar-refractivity contribution in [1.82, 2.24) is 10.3 Å². The zero-order valence-corrected chi connectivity index (χ0v) is 14.2. The molecule has 3 N–H and O–H groups in total. The zero-order chi connectivity index (χ0) is 19.0. The van der Waals surface area contributed by atoms with Gasteiger partial charge in [-0.15, -0.1) is 0 Å². The van der Waals surface area contributed by atoms with Crippen LogP contribution in [-0.4, -0.2) is 34.1 Å². The lowest BCUT2D eigenvalue weighted by atomic mass is 10.0. The van der Waals surface area contributed by atoms with Crippen LogP contribution in [0.2, 0.25) is 0 Å². The summed E-state index contributed by atoms with van der Waals surface area (Å²) in [5.74, 6) is -2.19. The highest BCUT2D eigenvalue weighted by molar-refractivity contribution is 5.89. The van der Waals surface area contributed by atoms with Gasteiger partial charge in [0.15, 0.2) is 17.7 Å². The second-order valence-corrected chi connectivity index (χ2v) is 6.50. The molecule has 2 heterocycles. The fourth-order valence-electron chi connectivity index (χ4n) is 3.36. The molecule has 6 nitrogen and oxygen atoms in total. The Labute approximate surface area is 154 Å². The minimum atomic E-state index is -1.14. The third-order valence-electron chi connectivity index (χ3n) is 4.72. The van der Waals surface area contributed by atoms with Crippen LogP contribution in [0.4, 0.5) is 4.39 Å². The summed E-state index contributed by atoms with van der Waals surface area (Å²) >= 11 is 0. The second-order valence-electron chi connectivity index (χ2n) is 6.50. The summed E-state index contributed by atoms with van der Waals surface area (Å²) in [7, 11) is 0. The third kappa shape index (κ3) is 3.23. The molecule has 0 bridgehead atoms. The maximum absolute atomic E-state index is 13.8. The van der Waals surface area contributed by atoms with Gasteiger partial charge in [-0.3, -0.25) is 4.79 Å². The Morgan fingerprint density at radius 2 is 2.07 bits per heavy atom. The molecule has 7 heteroatoms. The van der Waals surface area contributed by atoms with Crippen LogP contribution in [0.15, 0.2) is 48.7 Å².